The summed E-state index contributed by atoms with van der Waals surface area (Å²) in [6.45, 7) is 10.8. The van der Waals surface area contributed by atoms with Crippen LogP contribution in [-0.2, 0) is 20.9 Å². The number of nitrogens with one attached hydrogen (secondary N) is 1. The maximum Gasteiger partial charge on any atom is 0.290 e. The minimum atomic E-state index is -0.250. The number of hydrogen-bond acceptors (Lipinski definition) is 6. The molecule has 32 heavy (non-hydrogen) atoms. The van der Waals surface area contributed by atoms with Gasteiger partial charge < -0.3 is 20.3 Å². The largest absolute Gasteiger partial charge is 0.483 e. The molecule has 4 rings (SSSR count). The van der Waals surface area contributed by atoms with Crippen LogP contribution in [0.15, 0.2) is 30.3 Å². The van der Waals surface area contributed by atoms with E-state index in [0.29, 0.717) is 30.1 Å². The van der Waals surface area contributed by atoms with E-state index in [9.17, 15) is 0 Å². The lowest BCUT2D eigenvalue weighted by atomic mass is 10.0. The molecule has 0 spiro atoms. The maximum absolute atomic E-state index is 8.36. The van der Waals surface area contributed by atoms with Crippen molar-refractivity contribution in [3.8, 4) is 0 Å². The van der Waals surface area contributed by atoms with Crippen molar-refractivity contribution < 1.29 is 24.5 Å². The van der Waals surface area contributed by atoms with Gasteiger partial charge in [-0.1, -0.05) is 44.2 Å². The normalized spacial score (nSPS) is 26.3. The summed E-state index contributed by atoms with van der Waals surface area (Å²) in [4.78, 5) is 22.0. The fourth-order valence-corrected chi connectivity index (χ4v) is 4.86. The van der Waals surface area contributed by atoms with Gasteiger partial charge >= 0.3 is 0 Å². The SMILES string of the molecule is CC(C)[C@@H]1CN2C[C@@H](NC3CCN(Cc4ccccc4)CC3)C[C@H]2CO1.O=CO.O=CO. The van der Waals surface area contributed by atoms with Crippen molar-refractivity contribution in [1.29, 1.82) is 0 Å². The Bertz CT molecular complexity index is 646. The highest BCUT2D eigenvalue weighted by molar-refractivity contribution is 5.33. The van der Waals surface area contributed by atoms with Crippen molar-refractivity contribution in [3.63, 3.8) is 0 Å². The molecule has 0 aromatic heterocycles. The van der Waals surface area contributed by atoms with E-state index in [1.807, 2.05) is 0 Å². The zero-order chi connectivity index (χ0) is 23.3. The molecule has 3 atom stereocenters. The van der Waals surface area contributed by atoms with E-state index in [1.54, 1.807) is 0 Å². The van der Waals surface area contributed by atoms with Crippen molar-refractivity contribution in [2.75, 3.05) is 32.8 Å². The van der Waals surface area contributed by atoms with Gasteiger partial charge in [0.1, 0.15) is 0 Å². The smallest absolute Gasteiger partial charge is 0.290 e. The number of ether oxygens (including phenoxy) is 1. The number of carboxylic acid groups (broad SMARTS) is 2. The summed E-state index contributed by atoms with van der Waals surface area (Å²) in [7, 11) is 0. The molecular formula is C24H39N3O5. The van der Waals surface area contributed by atoms with Crippen molar-refractivity contribution in [2.45, 2.75) is 63.9 Å². The standard InChI is InChI=1S/C22H35N3O.2CH2O2/c1-17(2)22-15-25-14-20(12-21(25)16-26-22)23-19-8-10-24(11-9-19)13-18-6-4-3-5-7-18;2*2-1-3/h3-7,17,19-23H,8-16H2,1-2H3;2*1H,(H,2,3)/t20-,21-,22-;;/m0../s1. The number of nitrogens with zero attached hydrogens (tertiary/aromatic N) is 2. The van der Waals surface area contributed by atoms with E-state index in [-0.39, 0.29) is 12.9 Å². The molecule has 0 radical (unpaired) electrons. The van der Waals surface area contributed by atoms with Gasteiger partial charge in [0.05, 0.1) is 12.7 Å². The molecule has 1 aromatic carbocycles. The van der Waals surface area contributed by atoms with Gasteiger partial charge in [0.25, 0.3) is 12.9 Å². The van der Waals surface area contributed by atoms with Crippen LogP contribution < -0.4 is 5.32 Å². The molecule has 8 heteroatoms. The first-order valence-corrected chi connectivity index (χ1v) is 11.5. The highest BCUT2D eigenvalue weighted by atomic mass is 16.5. The molecule has 0 bridgehead atoms. The van der Waals surface area contributed by atoms with Crippen LogP contribution in [0.2, 0.25) is 0 Å². The second-order valence-electron chi connectivity index (χ2n) is 9.07. The van der Waals surface area contributed by atoms with Gasteiger partial charge in [-0.2, -0.15) is 0 Å². The third-order valence-electron chi connectivity index (χ3n) is 6.50. The number of morpholine rings is 1. The van der Waals surface area contributed by atoms with Crippen molar-refractivity contribution in [2.24, 2.45) is 5.92 Å². The van der Waals surface area contributed by atoms with E-state index in [4.69, 9.17) is 24.5 Å². The van der Waals surface area contributed by atoms with Crippen LogP contribution in [0, 0.1) is 5.92 Å². The lowest BCUT2D eigenvalue weighted by molar-refractivity contribution is -0.123. The van der Waals surface area contributed by atoms with E-state index in [2.05, 4.69) is 59.3 Å². The Morgan fingerprint density at radius 3 is 2.28 bits per heavy atom. The summed E-state index contributed by atoms with van der Waals surface area (Å²) in [5.41, 5.74) is 1.44. The summed E-state index contributed by atoms with van der Waals surface area (Å²) in [5, 5.41) is 17.8. The van der Waals surface area contributed by atoms with E-state index in [0.717, 1.165) is 19.7 Å². The van der Waals surface area contributed by atoms with Gasteiger partial charge in [0, 0.05) is 37.8 Å². The number of benzene rings is 1. The third kappa shape index (κ3) is 8.50. The average Bonchev–Trinajstić information content (AvgIpc) is 3.18. The first-order valence-electron chi connectivity index (χ1n) is 11.5. The van der Waals surface area contributed by atoms with Crippen molar-refractivity contribution in [3.05, 3.63) is 35.9 Å². The van der Waals surface area contributed by atoms with Gasteiger partial charge in [0.2, 0.25) is 0 Å². The second-order valence-corrected chi connectivity index (χ2v) is 9.07. The van der Waals surface area contributed by atoms with Gasteiger partial charge in [-0.05, 0) is 43.8 Å². The molecule has 8 nitrogen and oxygen atoms in total. The Hall–Kier alpha value is -2.00. The first-order chi connectivity index (χ1) is 15.5. The van der Waals surface area contributed by atoms with Crippen LogP contribution in [0.25, 0.3) is 0 Å². The number of fused-ring (bicyclic) bond motifs is 1. The second kappa shape index (κ2) is 14.2. The molecule has 3 saturated heterocycles. The quantitative estimate of drug-likeness (QED) is 0.588. The van der Waals surface area contributed by atoms with Gasteiger partial charge in [-0.15, -0.1) is 0 Å². The zero-order valence-corrected chi connectivity index (χ0v) is 19.3. The number of rotatable bonds is 5. The highest BCUT2D eigenvalue weighted by Gasteiger charge is 2.38. The van der Waals surface area contributed by atoms with Gasteiger partial charge in [-0.25, -0.2) is 0 Å². The number of likely N-dealkylation sites (tertiary alicyclic amines) is 1. The maximum atomic E-state index is 8.36. The Morgan fingerprint density at radius 2 is 1.69 bits per heavy atom. The minimum Gasteiger partial charge on any atom is -0.483 e. The Kier molecular flexibility index (Phi) is 11.7. The molecule has 0 amide bonds. The predicted molar refractivity (Wildman–Crippen MR) is 124 cm³/mol. The molecule has 0 unspecified atom stereocenters. The minimum absolute atomic E-state index is 0.250. The Labute approximate surface area is 191 Å². The fraction of sp³-hybridized carbons (Fsp3) is 0.667. The topological polar surface area (TPSA) is 102 Å². The van der Waals surface area contributed by atoms with Crippen LogP contribution in [-0.4, -0.2) is 90.0 Å². The number of piperidine rings is 1. The summed E-state index contributed by atoms with van der Waals surface area (Å²) in [5.74, 6) is 0.622. The molecule has 0 saturated carbocycles. The van der Waals surface area contributed by atoms with Crippen LogP contribution in [0.1, 0.15) is 38.7 Å². The molecule has 1 aromatic rings. The summed E-state index contributed by atoms with van der Waals surface area (Å²) in [6.07, 6.45) is 4.24. The molecule has 3 aliphatic heterocycles. The third-order valence-corrected chi connectivity index (χ3v) is 6.50. The molecule has 0 aliphatic carbocycles. The van der Waals surface area contributed by atoms with Crippen LogP contribution in [0.3, 0.4) is 0 Å². The molecule has 3 N–H and O–H groups in total. The van der Waals surface area contributed by atoms with Crippen molar-refractivity contribution >= 4 is 12.9 Å². The Morgan fingerprint density at radius 1 is 1.06 bits per heavy atom. The van der Waals surface area contributed by atoms with Crippen LogP contribution in [0.5, 0.6) is 0 Å². The van der Waals surface area contributed by atoms with E-state index < -0.39 is 0 Å². The summed E-state index contributed by atoms with van der Waals surface area (Å²) >= 11 is 0. The molecule has 3 aliphatic rings. The van der Waals surface area contributed by atoms with Crippen molar-refractivity contribution in [1.82, 2.24) is 15.1 Å². The molecule has 3 fully saturated rings. The van der Waals surface area contributed by atoms with E-state index >= 15 is 0 Å². The monoisotopic (exact) mass is 449 g/mol. The van der Waals surface area contributed by atoms with Crippen LogP contribution >= 0.6 is 0 Å². The molecular weight excluding hydrogens is 410 g/mol. The van der Waals surface area contributed by atoms with Gasteiger partial charge in [-0.3, -0.25) is 19.4 Å². The number of carbonyl (C=O) groups is 2. The molecule has 3 heterocycles. The average molecular weight is 450 g/mol. The first kappa shape index (κ1) is 26.3. The lowest BCUT2D eigenvalue weighted by Crippen LogP contribution is -2.48. The Balaban J connectivity index is 0.000000547. The summed E-state index contributed by atoms with van der Waals surface area (Å²) < 4.78 is 6.09. The lowest BCUT2D eigenvalue weighted by Gasteiger charge is -2.36. The van der Waals surface area contributed by atoms with Crippen LogP contribution in [0.4, 0.5) is 0 Å². The predicted octanol–water partition coefficient (Wildman–Crippen LogP) is 2.14. The summed E-state index contributed by atoms with van der Waals surface area (Å²) in [6, 6.07) is 12.9. The zero-order valence-electron chi connectivity index (χ0n) is 19.3. The fourth-order valence-electron chi connectivity index (χ4n) is 4.86. The van der Waals surface area contributed by atoms with E-state index in [1.165, 1.54) is 44.5 Å². The molecule has 180 valence electrons. The number of hydrogen-bond donors (Lipinski definition) is 3. The highest BCUT2D eigenvalue weighted by Crippen LogP contribution is 2.26. The van der Waals surface area contributed by atoms with Gasteiger partial charge in [0.15, 0.2) is 0 Å².